The Morgan fingerprint density at radius 3 is 2.70 bits per heavy atom. The summed E-state index contributed by atoms with van der Waals surface area (Å²) in [6, 6.07) is -0.413. The van der Waals surface area contributed by atoms with Crippen molar-refractivity contribution in [1.82, 2.24) is 0 Å². The third kappa shape index (κ3) is 1.48. The van der Waals surface area contributed by atoms with Gasteiger partial charge in [-0.25, -0.2) is 0 Å². The van der Waals surface area contributed by atoms with E-state index < -0.39 is 6.04 Å². The van der Waals surface area contributed by atoms with E-state index in [9.17, 15) is 4.79 Å². The Morgan fingerprint density at radius 1 is 1.70 bits per heavy atom. The number of hydrogen-bond acceptors (Lipinski definition) is 3. The molecule has 1 unspecified atom stereocenters. The van der Waals surface area contributed by atoms with Gasteiger partial charge in [-0.3, -0.25) is 4.79 Å². The van der Waals surface area contributed by atoms with Gasteiger partial charge in [-0.1, -0.05) is 13.8 Å². The van der Waals surface area contributed by atoms with Crippen molar-refractivity contribution in [2.24, 2.45) is 11.1 Å². The molecule has 1 aliphatic rings. The molecule has 0 aromatic rings. The van der Waals surface area contributed by atoms with Gasteiger partial charge in [-0.2, -0.15) is 0 Å². The van der Waals surface area contributed by atoms with Gasteiger partial charge in [-0.15, -0.1) is 0 Å². The van der Waals surface area contributed by atoms with E-state index in [-0.39, 0.29) is 11.4 Å². The number of cyclic esters (lactones) is 1. The van der Waals surface area contributed by atoms with Crippen molar-refractivity contribution >= 4 is 5.97 Å². The third-order valence-corrected chi connectivity index (χ3v) is 1.68. The standard InChI is InChI=1S/C7H13NO2/c1-7(2)3-5(8)6(9)10-4-7/h5H,3-4,8H2,1-2H3. The second kappa shape index (κ2) is 2.23. The summed E-state index contributed by atoms with van der Waals surface area (Å²) in [6.45, 7) is 4.58. The van der Waals surface area contributed by atoms with Gasteiger partial charge < -0.3 is 10.5 Å². The summed E-state index contributed by atoms with van der Waals surface area (Å²) in [5.41, 5.74) is 5.54. The molecule has 1 aliphatic heterocycles. The molecule has 1 heterocycles. The monoisotopic (exact) mass is 143 g/mol. The van der Waals surface area contributed by atoms with E-state index in [2.05, 4.69) is 0 Å². The van der Waals surface area contributed by atoms with Crippen LogP contribution >= 0.6 is 0 Å². The molecule has 0 radical (unpaired) electrons. The van der Waals surface area contributed by atoms with Crippen LogP contribution in [0.2, 0.25) is 0 Å². The lowest BCUT2D eigenvalue weighted by molar-refractivity contribution is -0.155. The number of esters is 1. The lowest BCUT2D eigenvalue weighted by Gasteiger charge is -2.31. The Morgan fingerprint density at radius 2 is 2.30 bits per heavy atom. The minimum atomic E-state index is -0.413. The van der Waals surface area contributed by atoms with Gasteiger partial charge in [0.2, 0.25) is 0 Å². The SMILES string of the molecule is CC1(C)COC(=O)C(N)C1. The smallest absolute Gasteiger partial charge is 0.322 e. The lowest BCUT2D eigenvalue weighted by Crippen LogP contribution is -2.44. The summed E-state index contributed by atoms with van der Waals surface area (Å²) >= 11 is 0. The predicted octanol–water partition coefficient (Wildman–Crippen LogP) is 0.287. The molecule has 0 bridgehead atoms. The normalized spacial score (nSPS) is 31.5. The number of hydrogen-bond donors (Lipinski definition) is 1. The zero-order valence-electron chi connectivity index (χ0n) is 6.39. The second-order valence-electron chi connectivity index (χ2n) is 3.58. The zero-order chi connectivity index (χ0) is 7.78. The Hall–Kier alpha value is -0.570. The first-order chi connectivity index (χ1) is 4.51. The van der Waals surface area contributed by atoms with Gasteiger partial charge in [-0.05, 0) is 6.42 Å². The van der Waals surface area contributed by atoms with Crippen LogP contribution in [0.1, 0.15) is 20.3 Å². The largest absolute Gasteiger partial charge is 0.464 e. The van der Waals surface area contributed by atoms with Crippen LogP contribution in [-0.4, -0.2) is 18.6 Å². The van der Waals surface area contributed by atoms with Crippen LogP contribution in [-0.2, 0) is 9.53 Å². The van der Waals surface area contributed by atoms with Gasteiger partial charge in [0.05, 0.1) is 6.61 Å². The molecule has 0 spiro atoms. The van der Waals surface area contributed by atoms with E-state index in [1.54, 1.807) is 0 Å². The van der Waals surface area contributed by atoms with Crippen molar-refractivity contribution in [2.75, 3.05) is 6.61 Å². The summed E-state index contributed by atoms with van der Waals surface area (Å²) < 4.78 is 4.84. The molecular formula is C7H13NO2. The highest BCUT2D eigenvalue weighted by atomic mass is 16.5. The molecule has 1 saturated heterocycles. The van der Waals surface area contributed by atoms with Crippen molar-refractivity contribution < 1.29 is 9.53 Å². The lowest BCUT2D eigenvalue weighted by atomic mass is 9.85. The maximum atomic E-state index is 10.7. The minimum Gasteiger partial charge on any atom is -0.464 e. The molecular weight excluding hydrogens is 130 g/mol. The van der Waals surface area contributed by atoms with Gasteiger partial charge >= 0.3 is 5.97 Å². The first-order valence-corrected chi connectivity index (χ1v) is 3.43. The van der Waals surface area contributed by atoms with E-state index in [1.807, 2.05) is 13.8 Å². The zero-order valence-corrected chi connectivity index (χ0v) is 6.39. The van der Waals surface area contributed by atoms with Gasteiger partial charge in [0.25, 0.3) is 0 Å². The number of carbonyl (C=O) groups is 1. The maximum absolute atomic E-state index is 10.7. The maximum Gasteiger partial charge on any atom is 0.322 e. The van der Waals surface area contributed by atoms with Crippen molar-refractivity contribution in [2.45, 2.75) is 26.3 Å². The first-order valence-electron chi connectivity index (χ1n) is 3.43. The van der Waals surface area contributed by atoms with Crippen LogP contribution in [0, 0.1) is 5.41 Å². The Kier molecular flexibility index (Phi) is 1.68. The highest BCUT2D eigenvalue weighted by Gasteiger charge is 2.32. The molecule has 0 aromatic carbocycles. The fourth-order valence-corrected chi connectivity index (χ4v) is 1.11. The van der Waals surface area contributed by atoms with Crippen molar-refractivity contribution in [3.05, 3.63) is 0 Å². The second-order valence-corrected chi connectivity index (χ2v) is 3.58. The fraction of sp³-hybridized carbons (Fsp3) is 0.857. The van der Waals surface area contributed by atoms with E-state index in [1.165, 1.54) is 0 Å². The van der Waals surface area contributed by atoms with E-state index >= 15 is 0 Å². The van der Waals surface area contributed by atoms with Crippen LogP contribution in [0.4, 0.5) is 0 Å². The summed E-state index contributed by atoms with van der Waals surface area (Å²) in [6.07, 6.45) is 0.728. The predicted molar refractivity (Wildman–Crippen MR) is 37.3 cm³/mol. The molecule has 0 aromatic heterocycles. The Bertz CT molecular complexity index is 154. The summed E-state index contributed by atoms with van der Waals surface area (Å²) in [5, 5.41) is 0. The summed E-state index contributed by atoms with van der Waals surface area (Å²) in [4.78, 5) is 10.7. The van der Waals surface area contributed by atoms with Crippen LogP contribution in [0.25, 0.3) is 0 Å². The van der Waals surface area contributed by atoms with Crippen LogP contribution in [0.15, 0.2) is 0 Å². The molecule has 0 saturated carbocycles. The first kappa shape index (κ1) is 7.54. The van der Waals surface area contributed by atoms with Gasteiger partial charge in [0.1, 0.15) is 6.04 Å². The topological polar surface area (TPSA) is 52.3 Å². The molecule has 3 heteroatoms. The molecule has 58 valence electrons. The Balaban J connectivity index is 2.57. The highest BCUT2D eigenvalue weighted by molar-refractivity contribution is 5.76. The third-order valence-electron chi connectivity index (χ3n) is 1.68. The van der Waals surface area contributed by atoms with Crippen LogP contribution in [0.5, 0.6) is 0 Å². The molecule has 0 amide bonds. The molecule has 1 rings (SSSR count). The molecule has 3 nitrogen and oxygen atoms in total. The molecule has 2 N–H and O–H groups in total. The molecule has 0 aliphatic carbocycles. The number of ether oxygens (including phenoxy) is 1. The van der Waals surface area contributed by atoms with Crippen molar-refractivity contribution in [3.8, 4) is 0 Å². The fourth-order valence-electron chi connectivity index (χ4n) is 1.11. The quantitative estimate of drug-likeness (QED) is 0.496. The van der Waals surface area contributed by atoms with Crippen LogP contribution < -0.4 is 5.73 Å². The number of nitrogens with two attached hydrogens (primary N) is 1. The number of rotatable bonds is 0. The summed E-state index contributed by atoms with van der Waals surface area (Å²) in [7, 11) is 0. The average molecular weight is 143 g/mol. The number of carbonyl (C=O) groups excluding carboxylic acids is 1. The van der Waals surface area contributed by atoms with E-state index in [0.29, 0.717) is 6.61 Å². The Labute approximate surface area is 60.5 Å². The minimum absolute atomic E-state index is 0.0628. The van der Waals surface area contributed by atoms with Gasteiger partial charge in [0, 0.05) is 5.41 Å². The molecule has 10 heavy (non-hydrogen) atoms. The highest BCUT2D eigenvalue weighted by Crippen LogP contribution is 2.26. The summed E-state index contributed by atoms with van der Waals surface area (Å²) in [5.74, 6) is -0.265. The van der Waals surface area contributed by atoms with Crippen molar-refractivity contribution in [3.63, 3.8) is 0 Å². The average Bonchev–Trinajstić information content (AvgIpc) is 1.79. The van der Waals surface area contributed by atoms with E-state index in [0.717, 1.165) is 6.42 Å². The van der Waals surface area contributed by atoms with E-state index in [4.69, 9.17) is 10.5 Å². The van der Waals surface area contributed by atoms with Crippen LogP contribution in [0.3, 0.4) is 0 Å². The molecule has 1 atom stereocenters. The van der Waals surface area contributed by atoms with Crippen molar-refractivity contribution in [1.29, 1.82) is 0 Å². The molecule has 1 fully saturated rings. The van der Waals surface area contributed by atoms with Gasteiger partial charge in [0.15, 0.2) is 0 Å².